The first-order chi connectivity index (χ1) is 20.2. The Kier molecular flexibility index (Phi) is 12.6. The molecule has 4 aliphatic heterocycles. The Morgan fingerprint density at radius 1 is 0.814 bits per heavy atom. The summed E-state index contributed by atoms with van der Waals surface area (Å²) in [6.45, 7) is 8.39. The lowest BCUT2D eigenvalue weighted by atomic mass is 10.2. The maximum atomic E-state index is 11.3. The van der Waals surface area contributed by atoms with Crippen LogP contribution in [0.5, 0.6) is 0 Å². The van der Waals surface area contributed by atoms with Crippen molar-refractivity contribution < 1.29 is 51.4 Å². The summed E-state index contributed by atoms with van der Waals surface area (Å²) in [5.41, 5.74) is 2.57. The van der Waals surface area contributed by atoms with Crippen LogP contribution in [0.3, 0.4) is 0 Å². The average molecular weight is 623 g/mol. The highest BCUT2D eigenvalue weighted by molar-refractivity contribution is 7.87. The summed E-state index contributed by atoms with van der Waals surface area (Å²) in [6.07, 6.45) is 7.82. The quantitative estimate of drug-likeness (QED) is 0.344. The molecule has 4 amide bonds. The van der Waals surface area contributed by atoms with Gasteiger partial charge in [0.25, 0.3) is 33.7 Å². The van der Waals surface area contributed by atoms with E-state index in [1.807, 2.05) is 12.4 Å². The molecule has 1 aromatic carbocycles. The summed E-state index contributed by atoms with van der Waals surface area (Å²) >= 11 is 0. The fourth-order valence-corrected chi connectivity index (χ4v) is 3.79. The highest BCUT2D eigenvalue weighted by atomic mass is 32.2. The molecule has 234 valence electrons. The minimum atomic E-state index is -4.66. The number of carbonyl (C=O) groups is 6. The number of imide groups is 2. The molecule has 2 saturated heterocycles. The highest BCUT2D eigenvalue weighted by Gasteiger charge is 2.48. The van der Waals surface area contributed by atoms with Crippen molar-refractivity contribution in [1.29, 1.82) is 0 Å². The van der Waals surface area contributed by atoms with Gasteiger partial charge in [-0.2, -0.15) is 8.42 Å². The van der Waals surface area contributed by atoms with Crippen LogP contribution in [0.25, 0.3) is 0 Å². The van der Waals surface area contributed by atoms with E-state index in [4.69, 9.17) is 4.55 Å². The van der Waals surface area contributed by atoms with Crippen LogP contribution in [0.2, 0.25) is 0 Å². The van der Waals surface area contributed by atoms with Gasteiger partial charge in [-0.1, -0.05) is 31.5 Å². The predicted molar refractivity (Wildman–Crippen MR) is 150 cm³/mol. The van der Waals surface area contributed by atoms with E-state index in [2.05, 4.69) is 70.0 Å². The first kappa shape index (κ1) is 34.6. The van der Waals surface area contributed by atoms with Crippen molar-refractivity contribution >= 4 is 51.4 Å². The second-order valence-electron chi connectivity index (χ2n) is 9.12. The van der Waals surface area contributed by atoms with Crippen LogP contribution < -0.4 is 4.90 Å². The Hall–Kier alpha value is -4.57. The molecule has 4 heterocycles. The molecule has 2 fully saturated rings. The Bertz CT molecular complexity index is 1360. The largest absolute Gasteiger partial charge is 0.352 e. The number of amides is 4. The lowest BCUT2D eigenvalue weighted by Crippen LogP contribution is -2.36. The van der Waals surface area contributed by atoms with Gasteiger partial charge in [0.05, 0.1) is 6.42 Å². The van der Waals surface area contributed by atoms with Gasteiger partial charge in [-0.15, -0.1) is 10.1 Å². The molecule has 0 aliphatic carbocycles. The molecule has 0 aromatic heterocycles. The van der Waals surface area contributed by atoms with E-state index in [-0.39, 0.29) is 30.7 Å². The predicted octanol–water partition coefficient (Wildman–Crippen LogP) is 1.95. The zero-order chi connectivity index (χ0) is 32.3. The Labute approximate surface area is 248 Å². The van der Waals surface area contributed by atoms with Gasteiger partial charge in [-0.25, -0.2) is 9.59 Å². The molecular weight excluding hydrogens is 588 g/mol. The summed E-state index contributed by atoms with van der Waals surface area (Å²) in [7, 11) is -4.66. The Morgan fingerprint density at radius 2 is 1.30 bits per heavy atom. The van der Waals surface area contributed by atoms with E-state index in [0.717, 1.165) is 6.54 Å². The number of nitrogens with zero attached hydrogens (tertiary/aromatic N) is 4. The number of hydrogen-bond donors (Lipinski definition) is 1. The Balaban J connectivity index is 0.000000212. The van der Waals surface area contributed by atoms with Crippen LogP contribution in [0.4, 0.5) is 5.69 Å². The van der Waals surface area contributed by atoms with Crippen molar-refractivity contribution in [2.75, 3.05) is 11.4 Å². The van der Waals surface area contributed by atoms with Gasteiger partial charge < -0.3 is 19.5 Å². The molecule has 1 unspecified atom stereocenters. The molecule has 4 aliphatic rings. The SMILES string of the molecule is CCC(=O)ON1C(=O)CC(S(=O)(=O)O)C1=O.CCC(=O)ON1C(=O)CCC1=O.CCN1C=C1.Cc1ccc(N2C=C2)cc1. The molecular formula is C27H34N4O11S. The molecule has 5 rings (SSSR count). The lowest BCUT2D eigenvalue weighted by Gasteiger charge is -2.12. The van der Waals surface area contributed by atoms with Crippen molar-refractivity contribution in [3.05, 3.63) is 54.6 Å². The Morgan fingerprint density at radius 3 is 1.65 bits per heavy atom. The average Bonchev–Trinajstić information content (AvgIpc) is 3.90. The monoisotopic (exact) mass is 622 g/mol. The van der Waals surface area contributed by atoms with Gasteiger partial charge in [-0.3, -0.25) is 23.7 Å². The second-order valence-corrected chi connectivity index (χ2v) is 10.7. The molecule has 1 N–H and O–H groups in total. The smallest absolute Gasteiger partial charge is 0.332 e. The first-order valence-corrected chi connectivity index (χ1v) is 14.8. The van der Waals surface area contributed by atoms with Gasteiger partial charge in [-0.05, 0) is 26.0 Å². The third-order valence-corrected chi connectivity index (χ3v) is 6.83. The van der Waals surface area contributed by atoms with Gasteiger partial charge in [0.15, 0.2) is 5.25 Å². The van der Waals surface area contributed by atoms with E-state index >= 15 is 0 Å². The maximum absolute atomic E-state index is 11.3. The van der Waals surface area contributed by atoms with Gasteiger partial charge in [0.1, 0.15) is 0 Å². The molecule has 0 bridgehead atoms. The number of aryl methyl sites for hydroxylation is 1. The third-order valence-electron chi connectivity index (χ3n) is 5.75. The molecule has 0 spiro atoms. The number of anilines is 1. The van der Waals surface area contributed by atoms with Crippen LogP contribution in [-0.2, 0) is 48.6 Å². The fraction of sp³-hybridized carbons (Fsp3) is 0.407. The molecule has 1 atom stereocenters. The van der Waals surface area contributed by atoms with Crippen LogP contribution in [0.15, 0.2) is 49.1 Å². The number of hydroxylamine groups is 4. The number of benzene rings is 1. The van der Waals surface area contributed by atoms with Gasteiger partial charge in [0.2, 0.25) is 0 Å². The zero-order valence-electron chi connectivity index (χ0n) is 24.2. The van der Waals surface area contributed by atoms with E-state index in [0.29, 0.717) is 5.06 Å². The van der Waals surface area contributed by atoms with E-state index in [9.17, 15) is 37.2 Å². The molecule has 0 saturated carbocycles. The van der Waals surface area contributed by atoms with Gasteiger partial charge in [0, 0.05) is 62.7 Å². The fourth-order valence-electron chi connectivity index (χ4n) is 3.08. The van der Waals surface area contributed by atoms with Crippen LogP contribution in [0.1, 0.15) is 58.4 Å². The van der Waals surface area contributed by atoms with E-state index < -0.39 is 57.4 Å². The maximum Gasteiger partial charge on any atom is 0.332 e. The van der Waals surface area contributed by atoms with Crippen LogP contribution >= 0.6 is 0 Å². The van der Waals surface area contributed by atoms with Gasteiger partial charge >= 0.3 is 11.9 Å². The van der Waals surface area contributed by atoms with E-state index in [1.165, 1.54) is 18.2 Å². The van der Waals surface area contributed by atoms with Crippen molar-refractivity contribution in [3.8, 4) is 0 Å². The standard InChI is InChI=1S/C9H9N.C7H9NO7S.C7H9NO4.C4H7N/c1-8-2-4-9(5-3-8)10-6-7-10;1-2-6(10)15-8-5(9)3-4(7(8)11)16(12,13)14;1-2-7(11)12-8-5(9)3-4-6(8)10;1-2-5-3-4-5/h2-7H,1H3;4H,2-3H2,1H3,(H,12,13,14);2-4H2,1H3;3-4H,2H2,1H3. The lowest BCUT2D eigenvalue weighted by molar-refractivity contribution is -0.197. The minimum absolute atomic E-state index is 0.0737. The minimum Gasteiger partial charge on any atom is -0.352 e. The first-order valence-electron chi connectivity index (χ1n) is 13.3. The van der Waals surface area contributed by atoms with Crippen molar-refractivity contribution in [1.82, 2.24) is 15.0 Å². The summed E-state index contributed by atoms with van der Waals surface area (Å²) in [6, 6.07) is 8.48. The number of rotatable bonds is 7. The second kappa shape index (κ2) is 15.6. The normalized spacial score (nSPS) is 17.8. The molecule has 15 nitrogen and oxygen atoms in total. The number of hydrogen-bond acceptors (Lipinski definition) is 12. The molecule has 1 aromatic rings. The number of carbonyl (C=O) groups excluding carboxylic acids is 6. The summed E-state index contributed by atoms with van der Waals surface area (Å²) in [5.74, 6) is -4.54. The topological polar surface area (TPSA) is 188 Å². The zero-order valence-corrected chi connectivity index (χ0v) is 25.0. The summed E-state index contributed by atoms with van der Waals surface area (Å²) < 4.78 is 30.1. The van der Waals surface area contributed by atoms with Crippen LogP contribution in [-0.4, -0.2) is 75.4 Å². The molecule has 0 radical (unpaired) electrons. The highest BCUT2D eigenvalue weighted by Crippen LogP contribution is 2.22. The van der Waals surface area contributed by atoms with Crippen molar-refractivity contribution in [2.45, 2.75) is 65.0 Å². The van der Waals surface area contributed by atoms with E-state index in [1.54, 1.807) is 6.92 Å². The molecule has 16 heteroatoms. The summed E-state index contributed by atoms with van der Waals surface area (Å²) in [4.78, 5) is 78.7. The van der Waals surface area contributed by atoms with Crippen LogP contribution in [0, 0.1) is 6.92 Å². The van der Waals surface area contributed by atoms with Crippen molar-refractivity contribution in [3.63, 3.8) is 0 Å². The summed E-state index contributed by atoms with van der Waals surface area (Å²) in [5, 5.41) is -1.26. The molecule has 43 heavy (non-hydrogen) atoms. The third kappa shape index (κ3) is 11.3. The van der Waals surface area contributed by atoms with Crippen molar-refractivity contribution in [2.24, 2.45) is 0 Å².